The standard InChI is InChI=1S/C21H27NO6.C16H19NO4/c1-6-8-9-14(19(25)27-7-2)13-10-11-16-15(12-13)17(23)18(24)22(16)20(26)28-21(3,4)5;1-3-5-6-11(16(20)21-4-2)10-7-8-13-12(9-10)14(18)15(19)17-13/h10-12,14H,6-9H2,1-5H3;7-9,11H,3-6H2,1-2H3,(H,17,18,19). The second-order valence-corrected chi connectivity index (χ2v) is 12.7. The lowest BCUT2D eigenvalue weighted by atomic mass is 9.91. The van der Waals surface area contributed by atoms with Crippen molar-refractivity contribution >= 4 is 52.8 Å². The maximum atomic E-state index is 12.4. The average molecular weight is 679 g/mol. The Balaban J connectivity index is 0.000000276. The molecule has 2 atom stereocenters. The van der Waals surface area contributed by atoms with Crippen molar-refractivity contribution in [3.8, 4) is 0 Å². The molecule has 0 saturated carbocycles. The Bertz CT molecular complexity index is 1610. The van der Waals surface area contributed by atoms with Crippen molar-refractivity contribution in [1.82, 2.24) is 0 Å². The van der Waals surface area contributed by atoms with Gasteiger partial charge in [0.25, 0.3) is 17.5 Å². The molecule has 0 bridgehead atoms. The number of anilines is 2. The molecule has 12 heteroatoms. The first kappa shape index (κ1) is 38.6. The van der Waals surface area contributed by atoms with Crippen LogP contribution >= 0.6 is 0 Å². The van der Waals surface area contributed by atoms with E-state index in [4.69, 9.17) is 14.2 Å². The highest BCUT2D eigenvalue weighted by molar-refractivity contribution is 6.56. The van der Waals surface area contributed by atoms with Crippen LogP contribution in [-0.2, 0) is 33.4 Å². The monoisotopic (exact) mass is 678 g/mol. The van der Waals surface area contributed by atoms with Crippen molar-refractivity contribution in [2.24, 2.45) is 0 Å². The number of hydrogen-bond donors (Lipinski definition) is 1. The number of Topliss-reactive ketones (excluding diaryl/α,β-unsaturated/α-hetero) is 2. The first-order valence-electron chi connectivity index (χ1n) is 16.8. The maximum Gasteiger partial charge on any atom is 0.422 e. The van der Waals surface area contributed by atoms with Crippen molar-refractivity contribution in [3.63, 3.8) is 0 Å². The number of hydrogen-bond acceptors (Lipinski definition) is 10. The number of benzene rings is 2. The summed E-state index contributed by atoms with van der Waals surface area (Å²) in [5, 5.41) is 2.51. The van der Waals surface area contributed by atoms with Crippen LogP contribution in [0.25, 0.3) is 0 Å². The summed E-state index contributed by atoms with van der Waals surface area (Å²) < 4.78 is 15.5. The molecule has 0 radical (unpaired) electrons. The van der Waals surface area contributed by atoms with Gasteiger partial charge in [-0.25, -0.2) is 9.69 Å². The van der Waals surface area contributed by atoms with E-state index in [0.717, 1.165) is 36.1 Å². The minimum atomic E-state index is -0.956. The van der Waals surface area contributed by atoms with Gasteiger partial charge in [0.2, 0.25) is 0 Å². The Morgan fingerprint density at radius 3 is 1.73 bits per heavy atom. The van der Waals surface area contributed by atoms with Crippen LogP contribution in [0.5, 0.6) is 0 Å². The zero-order valence-corrected chi connectivity index (χ0v) is 29.3. The summed E-state index contributed by atoms with van der Waals surface area (Å²) in [5.74, 6) is -4.48. The number of fused-ring (bicyclic) bond motifs is 2. The first-order chi connectivity index (χ1) is 23.2. The topological polar surface area (TPSA) is 162 Å². The fourth-order valence-corrected chi connectivity index (χ4v) is 5.48. The van der Waals surface area contributed by atoms with E-state index in [0.29, 0.717) is 36.3 Å². The molecular formula is C37H46N2O10. The second kappa shape index (κ2) is 17.0. The predicted molar refractivity (Wildman–Crippen MR) is 182 cm³/mol. The highest BCUT2D eigenvalue weighted by Gasteiger charge is 2.42. The van der Waals surface area contributed by atoms with Gasteiger partial charge in [0.15, 0.2) is 0 Å². The van der Waals surface area contributed by atoms with Crippen molar-refractivity contribution in [1.29, 1.82) is 0 Å². The molecule has 49 heavy (non-hydrogen) atoms. The SMILES string of the molecule is CCCCC(C(=O)OCC)c1ccc2c(c1)C(=O)C(=O)N2.CCCCC(C(=O)OCC)c1ccc2c(c1)C(=O)C(=O)N2C(=O)OC(C)(C)C. The minimum Gasteiger partial charge on any atom is -0.466 e. The Hall–Kier alpha value is -4.87. The van der Waals surface area contributed by atoms with Crippen LogP contribution in [-0.4, -0.2) is 60.2 Å². The number of imide groups is 1. The predicted octanol–water partition coefficient (Wildman–Crippen LogP) is 6.65. The van der Waals surface area contributed by atoms with Gasteiger partial charge in [0.1, 0.15) is 5.60 Å². The van der Waals surface area contributed by atoms with E-state index in [1.807, 2.05) is 6.92 Å². The largest absolute Gasteiger partial charge is 0.466 e. The van der Waals surface area contributed by atoms with Gasteiger partial charge in [-0.3, -0.25) is 28.8 Å². The van der Waals surface area contributed by atoms with Crippen LogP contribution in [0.3, 0.4) is 0 Å². The van der Waals surface area contributed by atoms with Gasteiger partial charge in [-0.15, -0.1) is 0 Å². The summed E-state index contributed by atoms with van der Waals surface area (Å²) in [7, 11) is 0. The molecule has 2 aromatic rings. The van der Waals surface area contributed by atoms with Crippen molar-refractivity contribution in [2.45, 2.75) is 104 Å². The third kappa shape index (κ3) is 9.39. The van der Waals surface area contributed by atoms with Gasteiger partial charge in [-0.05, 0) is 82.9 Å². The Kier molecular flexibility index (Phi) is 13.4. The molecule has 0 fully saturated rings. The van der Waals surface area contributed by atoms with E-state index in [1.54, 1.807) is 58.9 Å². The summed E-state index contributed by atoms with van der Waals surface area (Å²) in [6.07, 6.45) is 3.94. The van der Waals surface area contributed by atoms with Gasteiger partial charge >= 0.3 is 23.9 Å². The van der Waals surface area contributed by atoms with Crippen LogP contribution < -0.4 is 10.2 Å². The highest BCUT2D eigenvalue weighted by atomic mass is 16.6. The molecule has 2 aliphatic heterocycles. The van der Waals surface area contributed by atoms with E-state index >= 15 is 0 Å². The lowest BCUT2D eigenvalue weighted by molar-refractivity contribution is -0.146. The minimum absolute atomic E-state index is 0.0964. The molecule has 3 amide bonds. The summed E-state index contributed by atoms with van der Waals surface area (Å²) in [4.78, 5) is 85.5. The normalized spacial score (nSPS) is 14.6. The second-order valence-electron chi connectivity index (χ2n) is 12.7. The lowest BCUT2D eigenvalue weighted by Gasteiger charge is -2.23. The third-order valence-electron chi connectivity index (χ3n) is 7.86. The van der Waals surface area contributed by atoms with Crippen LogP contribution in [0, 0.1) is 0 Å². The molecular weight excluding hydrogens is 632 g/mol. The Morgan fingerprint density at radius 2 is 1.24 bits per heavy atom. The number of ether oxygens (including phenoxy) is 3. The van der Waals surface area contributed by atoms with Gasteiger partial charge < -0.3 is 19.5 Å². The Labute approximate surface area is 286 Å². The molecule has 0 aromatic heterocycles. The third-order valence-corrected chi connectivity index (χ3v) is 7.86. The average Bonchev–Trinajstić information content (AvgIpc) is 3.47. The molecule has 0 aliphatic carbocycles. The molecule has 2 unspecified atom stereocenters. The lowest BCUT2D eigenvalue weighted by Crippen LogP contribution is -2.40. The number of amides is 3. The molecule has 2 heterocycles. The van der Waals surface area contributed by atoms with E-state index in [2.05, 4.69) is 12.2 Å². The number of carbonyl (C=O) groups is 7. The number of nitrogens with zero attached hydrogens (tertiary/aromatic N) is 1. The van der Waals surface area contributed by atoms with E-state index in [-0.39, 0.29) is 29.8 Å². The molecule has 0 saturated heterocycles. The summed E-state index contributed by atoms with van der Waals surface area (Å²) in [5.41, 5.74) is 1.63. The maximum absolute atomic E-state index is 12.4. The first-order valence-corrected chi connectivity index (χ1v) is 16.8. The van der Waals surface area contributed by atoms with Crippen molar-refractivity contribution in [3.05, 3.63) is 58.7 Å². The summed E-state index contributed by atoms with van der Waals surface area (Å²) in [6, 6.07) is 9.75. The quantitative estimate of drug-likeness (QED) is 0.146. The van der Waals surface area contributed by atoms with Crippen LogP contribution in [0.4, 0.5) is 16.2 Å². The smallest absolute Gasteiger partial charge is 0.422 e. The van der Waals surface area contributed by atoms with E-state index < -0.39 is 46.9 Å². The molecule has 0 spiro atoms. The zero-order valence-electron chi connectivity index (χ0n) is 29.3. The zero-order chi connectivity index (χ0) is 36.5. The molecule has 4 rings (SSSR count). The van der Waals surface area contributed by atoms with Crippen LogP contribution in [0.15, 0.2) is 36.4 Å². The van der Waals surface area contributed by atoms with Crippen molar-refractivity contribution in [2.75, 3.05) is 23.4 Å². The van der Waals surface area contributed by atoms with Crippen molar-refractivity contribution < 1.29 is 47.8 Å². The summed E-state index contributed by atoms with van der Waals surface area (Å²) >= 11 is 0. The number of rotatable bonds is 12. The number of unbranched alkanes of at least 4 members (excludes halogenated alkanes) is 2. The molecule has 2 aromatic carbocycles. The van der Waals surface area contributed by atoms with Gasteiger partial charge in [0.05, 0.1) is 47.6 Å². The van der Waals surface area contributed by atoms with Gasteiger partial charge in [-0.2, -0.15) is 0 Å². The van der Waals surface area contributed by atoms with E-state index in [1.165, 1.54) is 12.1 Å². The van der Waals surface area contributed by atoms with Gasteiger partial charge in [-0.1, -0.05) is 51.7 Å². The fourth-order valence-electron chi connectivity index (χ4n) is 5.48. The number of esters is 2. The molecule has 264 valence electrons. The van der Waals surface area contributed by atoms with E-state index in [9.17, 15) is 33.6 Å². The number of carbonyl (C=O) groups excluding carboxylic acids is 7. The highest BCUT2D eigenvalue weighted by Crippen LogP contribution is 2.35. The van der Waals surface area contributed by atoms with Gasteiger partial charge in [0, 0.05) is 0 Å². The molecule has 1 N–H and O–H groups in total. The Morgan fingerprint density at radius 1 is 0.735 bits per heavy atom. The molecule has 2 aliphatic rings. The number of nitrogens with one attached hydrogen (secondary N) is 1. The molecule has 12 nitrogen and oxygen atoms in total. The van der Waals surface area contributed by atoms with Crippen LogP contribution in [0.1, 0.15) is 131 Å². The number of ketones is 2. The fraction of sp³-hybridized carbons (Fsp3) is 0.486. The summed E-state index contributed by atoms with van der Waals surface area (Å²) in [6.45, 7) is 13.2. The van der Waals surface area contributed by atoms with Crippen LogP contribution in [0.2, 0.25) is 0 Å².